The largest absolute Gasteiger partial charge is 0.308 e. The Labute approximate surface area is 112 Å². The van der Waals surface area contributed by atoms with Crippen molar-refractivity contribution in [1.82, 2.24) is 0 Å². The molecule has 0 heterocycles. The molecule has 0 aliphatic carbocycles. The van der Waals surface area contributed by atoms with Gasteiger partial charge < -0.3 is 4.90 Å². The second-order valence-electron chi connectivity index (χ2n) is 3.01. The second-order valence-corrected chi connectivity index (χ2v) is 5.09. The van der Waals surface area contributed by atoms with E-state index in [1.165, 1.54) is 0 Å². The van der Waals surface area contributed by atoms with E-state index >= 15 is 0 Å². The van der Waals surface area contributed by atoms with Gasteiger partial charge in [0, 0.05) is 21.5 Å². The first-order valence-electron chi connectivity index (χ1n) is 4.40. The molecule has 0 saturated carbocycles. The highest BCUT2D eigenvalue weighted by Crippen LogP contribution is 2.26. The molecule has 0 saturated heterocycles. The highest BCUT2D eigenvalue weighted by atomic mass is 127. The van der Waals surface area contributed by atoms with Gasteiger partial charge in [-0.25, -0.2) is 0 Å². The molecule has 0 aromatic heterocycles. The summed E-state index contributed by atoms with van der Waals surface area (Å²) < 4.78 is 2.05. The van der Waals surface area contributed by atoms with Crippen LogP contribution in [0.15, 0.2) is 35.3 Å². The summed E-state index contributed by atoms with van der Waals surface area (Å²) in [4.78, 5) is 13.1. The van der Waals surface area contributed by atoms with Crippen molar-refractivity contribution in [2.24, 2.45) is 0 Å². The fourth-order valence-corrected chi connectivity index (χ4v) is 2.82. The van der Waals surface area contributed by atoms with Crippen LogP contribution in [0.1, 0.15) is 6.92 Å². The van der Waals surface area contributed by atoms with Gasteiger partial charge in [-0.05, 0) is 40.8 Å². The Balaban J connectivity index is 3.10. The van der Waals surface area contributed by atoms with Gasteiger partial charge in [-0.2, -0.15) is 0 Å². The molecule has 0 fully saturated rings. The summed E-state index contributed by atoms with van der Waals surface area (Å²) in [5, 5.41) is 0. The molecule has 0 aliphatic rings. The topological polar surface area (TPSA) is 20.3 Å². The van der Waals surface area contributed by atoms with E-state index in [2.05, 4.69) is 45.1 Å². The number of nitrogens with zero attached hydrogens (tertiary/aromatic N) is 1. The van der Waals surface area contributed by atoms with Crippen molar-refractivity contribution in [2.75, 3.05) is 11.4 Å². The van der Waals surface area contributed by atoms with Gasteiger partial charge >= 0.3 is 0 Å². The Morgan fingerprint density at radius 2 is 2.33 bits per heavy atom. The first-order chi connectivity index (χ1) is 7.06. The molecule has 2 nitrogen and oxygen atoms in total. The van der Waals surface area contributed by atoms with Crippen LogP contribution in [0, 0.1) is 3.57 Å². The maximum Gasteiger partial charge on any atom is 0.224 e. The highest BCUT2D eigenvalue weighted by molar-refractivity contribution is 14.1. The molecule has 0 bridgehead atoms. The lowest BCUT2D eigenvalue weighted by Crippen LogP contribution is -2.29. The third kappa shape index (κ3) is 3.31. The molecular weight excluding hydrogens is 369 g/mol. The van der Waals surface area contributed by atoms with Crippen LogP contribution in [0.5, 0.6) is 0 Å². The number of amides is 1. The van der Waals surface area contributed by atoms with E-state index in [-0.39, 0.29) is 5.91 Å². The van der Waals surface area contributed by atoms with Crippen LogP contribution in [0.3, 0.4) is 0 Å². The minimum atomic E-state index is 0.0233. The summed E-state index contributed by atoms with van der Waals surface area (Å²) in [5.74, 6) is 0.0233. The summed E-state index contributed by atoms with van der Waals surface area (Å²) in [6.45, 7) is 5.74. The van der Waals surface area contributed by atoms with Crippen molar-refractivity contribution in [3.8, 4) is 0 Å². The smallest absolute Gasteiger partial charge is 0.224 e. The van der Waals surface area contributed by atoms with Gasteiger partial charge in [0.25, 0.3) is 0 Å². The molecule has 15 heavy (non-hydrogen) atoms. The molecule has 1 amide bonds. The van der Waals surface area contributed by atoms with E-state index in [0.29, 0.717) is 6.54 Å². The van der Waals surface area contributed by atoms with E-state index in [0.717, 1.165) is 13.7 Å². The number of carbonyl (C=O) groups is 1. The Bertz CT molecular complexity index is 392. The van der Waals surface area contributed by atoms with Crippen molar-refractivity contribution < 1.29 is 4.79 Å². The zero-order valence-corrected chi connectivity index (χ0v) is 12.1. The summed E-state index contributed by atoms with van der Waals surface area (Å²) >= 11 is 5.61. The normalized spacial score (nSPS) is 9.80. The molecule has 4 heteroatoms. The van der Waals surface area contributed by atoms with Crippen LogP contribution in [0.25, 0.3) is 0 Å². The van der Waals surface area contributed by atoms with Crippen molar-refractivity contribution in [2.45, 2.75) is 6.92 Å². The Morgan fingerprint density at radius 1 is 1.67 bits per heavy atom. The zero-order chi connectivity index (χ0) is 11.4. The lowest BCUT2D eigenvalue weighted by molar-refractivity contribution is -0.116. The molecule has 80 valence electrons. The number of anilines is 1. The standard InChI is InChI=1S/C11H11BrINO/c1-3-6-14(8(2)15)11-5-4-9(12)7-10(11)13/h3-5,7H,1,6H2,2H3. The summed E-state index contributed by atoms with van der Waals surface area (Å²) in [5.41, 5.74) is 0.922. The Kier molecular flexibility index (Phi) is 4.79. The van der Waals surface area contributed by atoms with Gasteiger partial charge in [0.2, 0.25) is 5.91 Å². The number of benzene rings is 1. The van der Waals surface area contributed by atoms with E-state index < -0.39 is 0 Å². The van der Waals surface area contributed by atoms with Gasteiger partial charge in [-0.15, -0.1) is 6.58 Å². The average molecular weight is 380 g/mol. The van der Waals surface area contributed by atoms with Crippen LogP contribution in [0.4, 0.5) is 5.69 Å². The Morgan fingerprint density at radius 3 is 2.80 bits per heavy atom. The van der Waals surface area contributed by atoms with Gasteiger partial charge in [0.05, 0.1) is 5.69 Å². The third-order valence-corrected chi connectivity index (χ3v) is 3.25. The van der Waals surface area contributed by atoms with E-state index in [9.17, 15) is 4.79 Å². The molecule has 1 aromatic rings. The van der Waals surface area contributed by atoms with Crippen LogP contribution in [-0.4, -0.2) is 12.5 Å². The van der Waals surface area contributed by atoms with Crippen molar-refractivity contribution >= 4 is 50.1 Å². The van der Waals surface area contributed by atoms with Crippen LogP contribution >= 0.6 is 38.5 Å². The molecule has 0 aliphatic heterocycles. The lowest BCUT2D eigenvalue weighted by Gasteiger charge is -2.20. The summed E-state index contributed by atoms with van der Waals surface area (Å²) in [6, 6.07) is 5.84. The molecule has 0 N–H and O–H groups in total. The second kappa shape index (κ2) is 5.65. The minimum Gasteiger partial charge on any atom is -0.308 e. The molecule has 0 spiro atoms. The van der Waals surface area contributed by atoms with Gasteiger partial charge in [0.15, 0.2) is 0 Å². The number of hydrogen-bond acceptors (Lipinski definition) is 1. The van der Waals surface area contributed by atoms with Gasteiger partial charge in [-0.3, -0.25) is 4.79 Å². The van der Waals surface area contributed by atoms with E-state index in [1.807, 2.05) is 18.2 Å². The average Bonchev–Trinajstić information content (AvgIpc) is 2.15. The number of rotatable bonds is 3. The molecule has 0 unspecified atom stereocenters. The van der Waals surface area contributed by atoms with E-state index in [4.69, 9.17) is 0 Å². The first kappa shape index (κ1) is 12.7. The fourth-order valence-electron chi connectivity index (χ4n) is 1.23. The van der Waals surface area contributed by atoms with Gasteiger partial charge in [0.1, 0.15) is 0 Å². The monoisotopic (exact) mass is 379 g/mol. The van der Waals surface area contributed by atoms with Crippen LogP contribution < -0.4 is 4.90 Å². The lowest BCUT2D eigenvalue weighted by atomic mass is 10.3. The van der Waals surface area contributed by atoms with Gasteiger partial charge in [-0.1, -0.05) is 22.0 Å². The predicted octanol–water partition coefficient (Wildman–Crippen LogP) is 3.59. The van der Waals surface area contributed by atoms with Crippen molar-refractivity contribution in [1.29, 1.82) is 0 Å². The number of carbonyl (C=O) groups excluding carboxylic acids is 1. The maximum atomic E-state index is 11.4. The summed E-state index contributed by atoms with van der Waals surface area (Å²) in [7, 11) is 0. The molecule has 0 radical (unpaired) electrons. The zero-order valence-electron chi connectivity index (χ0n) is 8.34. The number of halogens is 2. The molecule has 1 aromatic carbocycles. The quantitative estimate of drug-likeness (QED) is 0.580. The first-order valence-corrected chi connectivity index (χ1v) is 6.27. The van der Waals surface area contributed by atoms with Crippen LogP contribution in [0.2, 0.25) is 0 Å². The fraction of sp³-hybridized carbons (Fsp3) is 0.182. The Hall–Kier alpha value is -0.360. The molecular formula is C11H11BrINO. The minimum absolute atomic E-state index is 0.0233. The number of hydrogen-bond donors (Lipinski definition) is 0. The van der Waals surface area contributed by atoms with E-state index in [1.54, 1.807) is 17.9 Å². The van der Waals surface area contributed by atoms with Crippen molar-refractivity contribution in [3.05, 3.63) is 38.9 Å². The maximum absolute atomic E-state index is 11.4. The summed E-state index contributed by atoms with van der Waals surface area (Å²) in [6.07, 6.45) is 1.72. The van der Waals surface area contributed by atoms with Crippen molar-refractivity contribution in [3.63, 3.8) is 0 Å². The molecule has 0 atom stereocenters. The molecule has 1 rings (SSSR count). The predicted molar refractivity (Wildman–Crippen MR) is 75.1 cm³/mol. The van der Waals surface area contributed by atoms with Crippen LogP contribution in [-0.2, 0) is 4.79 Å². The highest BCUT2D eigenvalue weighted by Gasteiger charge is 2.12. The third-order valence-electron chi connectivity index (χ3n) is 1.89. The SMILES string of the molecule is C=CCN(C(C)=O)c1ccc(Br)cc1I.